The van der Waals surface area contributed by atoms with Crippen LogP contribution in [0.4, 0.5) is 0 Å². The molecule has 1 heterocycles. The third-order valence-corrected chi connectivity index (χ3v) is 4.70. The summed E-state index contributed by atoms with van der Waals surface area (Å²) in [5, 5.41) is 5.79. The third kappa shape index (κ3) is 6.87. The van der Waals surface area contributed by atoms with Crippen molar-refractivity contribution < 1.29 is 0 Å². The minimum atomic E-state index is 0.378. The second kappa shape index (κ2) is 8.81. The van der Waals surface area contributed by atoms with E-state index in [0.29, 0.717) is 11.5 Å². The molecule has 1 aromatic heterocycles. The molecule has 0 spiro atoms. The smallest absolute Gasteiger partial charge is 0.00579 e. The molecule has 0 amide bonds. The van der Waals surface area contributed by atoms with Gasteiger partial charge in [0.15, 0.2) is 0 Å². The van der Waals surface area contributed by atoms with Crippen LogP contribution < -0.4 is 5.32 Å². The molecule has 0 saturated carbocycles. The Kier molecular flexibility index (Phi) is 7.78. The van der Waals surface area contributed by atoms with E-state index in [1.807, 2.05) is 11.3 Å². The summed E-state index contributed by atoms with van der Waals surface area (Å²) in [5.41, 5.74) is 0.378. The average Bonchev–Trinajstić information content (AvgIpc) is 2.87. The highest BCUT2D eigenvalue weighted by Crippen LogP contribution is 2.24. The summed E-state index contributed by atoms with van der Waals surface area (Å²) >= 11 is 1.87. The van der Waals surface area contributed by atoms with Gasteiger partial charge in [0.05, 0.1) is 0 Å². The molecule has 20 heavy (non-hydrogen) atoms. The molecule has 1 N–H and O–H groups in total. The van der Waals surface area contributed by atoms with Crippen molar-refractivity contribution in [2.75, 3.05) is 26.7 Å². The van der Waals surface area contributed by atoms with Gasteiger partial charge < -0.3 is 10.2 Å². The molecule has 0 aliphatic carbocycles. The summed E-state index contributed by atoms with van der Waals surface area (Å²) in [7, 11) is 2.26. The molecule has 1 aromatic rings. The lowest BCUT2D eigenvalue weighted by Crippen LogP contribution is -2.43. The number of thiophene rings is 1. The van der Waals surface area contributed by atoms with Gasteiger partial charge in [0.25, 0.3) is 0 Å². The van der Waals surface area contributed by atoms with Crippen molar-refractivity contribution in [1.82, 2.24) is 10.2 Å². The van der Waals surface area contributed by atoms with Crippen LogP contribution in [0.15, 0.2) is 17.5 Å². The molecule has 0 aliphatic rings. The Hall–Kier alpha value is -0.380. The predicted octanol–water partition coefficient (Wildman–Crippen LogP) is 4.03. The zero-order chi connectivity index (χ0) is 15.0. The number of rotatable bonds is 10. The lowest BCUT2D eigenvalue weighted by atomic mass is 9.84. The topological polar surface area (TPSA) is 15.3 Å². The summed E-state index contributed by atoms with van der Waals surface area (Å²) in [6, 6.07) is 4.96. The lowest BCUT2D eigenvalue weighted by molar-refractivity contribution is 0.171. The molecule has 0 aliphatic heterocycles. The van der Waals surface area contributed by atoms with Gasteiger partial charge in [0.2, 0.25) is 0 Å². The quantitative estimate of drug-likeness (QED) is 0.701. The average molecular weight is 297 g/mol. The summed E-state index contributed by atoms with van der Waals surface area (Å²) in [5.74, 6) is 0. The van der Waals surface area contributed by atoms with Gasteiger partial charge in [-0.25, -0.2) is 0 Å². The van der Waals surface area contributed by atoms with Crippen LogP contribution in [0.25, 0.3) is 0 Å². The second-order valence-electron chi connectivity index (χ2n) is 6.66. The maximum absolute atomic E-state index is 3.62. The minimum Gasteiger partial charge on any atom is -0.314 e. The van der Waals surface area contributed by atoms with Crippen LogP contribution in [0.5, 0.6) is 0 Å². The van der Waals surface area contributed by atoms with Gasteiger partial charge >= 0.3 is 0 Å². The monoisotopic (exact) mass is 296 g/mol. The first-order valence-corrected chi connectivity index (χ1v) is 8.77. The van der Waals surface area contributed by atoms with Gasteiger partial charge in [-0.15, -0.1) is 11.3 Å². The number of nitrogens with zero attached hydrogens (tertiary/aromatic N) is 1. The Bertz CT molecular complexity index is 348. The summed E-state index contributed by atoms with van der Waals surface area (Å²) in [6.07, 6.45) is 3.72. The van der Waals surface area contributed by atoms with E-state index in [4.69, 9.17) is 0 Å². The molecule has 116 valence electrons. The maximum Gasteiger partial charge on any atom is 0.00579 e. The normalized spacial score (nSPS) is 14.9. The zero-order valence-electron chi connectivity index (χ0n) is 13.9. The third-order valence-electron chi connectivity index (χ3n) is 3.76. The van der Waals surface area contributed by atoms with Crippen molar-refractivity contribution in [2.45, 2.75) is 53.0 Å². The first-order valence-electron chi connectivity index (χ1n) is 7.89. The largest absolute Gasteiger partial charge is 0.314 e. The first-order chi connectivity index (χ1) is 9.45. The fourth-order valence-corrected chi connectivity index (χ4v) is 3.46. The number of nitrogens with one attached hydrogen (secondary N) is 1. The van der Waals surface area contributed by atoms with E-state index in [0.717, 1.165) is 13.1 Å². The van der Waals surface area contributed by atoms with Crippen molar-refractivity contribution >= 4 is 11.3 Å². The zero-order valence-corrected chi connectivity index (χ0v) is 14.7. The van der Waals surface area contributed by atoms with Gasteiger partial charge in [-0.2, -0.15) is 0 Å². The molecule has 0 radical (unpaired) electrons. The van der Waals surface area contributed by atoms with Crippen LogP contribution in [-0.2, 0) is 6.42 Å². The highest BCUT2D eigenvalue weighted by atomic mass is 32.1. The van der Waals surface area contributed by atoms with Crippen LogP contribution in [0.2, 0.25) is 0 Å². The van der Waals surface area contributed by atoms with Crippen molar-refractivity contribution in [2.24, 2.45) is 5.41 Å². The van der Waals surface area contributed by atoms with E-state index in [1.54, 1.807) is 0 Å². The molecule has 1 atom stereocenters. The summed E-state index contributed by atoms with van der Waals surface area (Å²) in [6.45, 7) is 12.6. The molecule has 0 bridgehead atoms. The number of likely N-dealkylation sites (N-methyl/N-ethyl adjacent to an activating group) is 1. The highest BCUT2D eigenvalue weighted by Gasteiger charge is 2.25. The molecular formula is C17H32N2S. The van der Waals surface area contributed by atoms with Gasteiger partial charge in [-0.05, 0) is 36.8 Å². The van der Waals surface area contributed by atoms with Crippen molar-refractivity contribution in [3.8, 4) is 0 Å². The van der Waals surface area contributed by atoms with Gasteiger partial charge in [-0.3, -0.25) is 0 Å². The standard InChI is InChI=1S/C17H32N2S/c1-6-10-17(4,13-18-15(2)3)14-19(5)11-9-16-8-7-12-20-16/h7-8,12,15,18H,6,9-11,13-14H2,1-5H3. The summed E-state index contributed by atoms with van der Waals surface area (Å²) < 4.78 is 0. The van der Waals surface area contributed by atoms with Crippen LogP contribution in [0, 0.1) is 5.41 Å². The van der Waals surface area contributed by atoms with E-state index in [-0.39, 0.29) is 0 Å². The molecule has 0 fully saturated rings. The Balaban J connectivity index is 2.42. The molecule has 0 aromatic carbocycles. The van der Waals surface area contributed by atoms with E-state index < -0.39 is 0 Å². The Morgan fingerprint density at radius 3 is 2.70 bits per heavy atom. The lowest BCUT2D eigenvalue weighted by Gasteiger charge is -2.35. The molecule has 1 unspecified atom stereocenters. The van der Waals surface area contributed by atoms with Crippen molar-refractivity contribution in [3.05, 3.63) is 22.4 Å². The van der Waals surface area contributed by atoms with Gasteiger partial charge in [0.1, 0.15) is 0 Å². The highest BCUT2D eigenvalue weighted by molar-refractivity contribution is 7.09. The molecule has 1 rings (SSSR count). The van der Waals surface area contributed by atoms with Gasteiger partial charge in [-0.1, -0.05) is 40.2 Å². The summed E-state index contributed by atoms with van der Waals surface area (Å²) in [4.78, 5) is 3.99. The van der Waals surface area contributed by atoms with Crippen LogP contribution in [0.1, 0.15) is 45.4 Å². The minimum absolute atomic E-state index is 0.378. The van der Waals surface area contributed by atoms with Crippen LogP contribution in [0.3, 0.4) is 0 Å². The Morgan fingerprint density at radius 1 is 1.40 bits per heavy atom. The van der Waals surface area contributed by atoms with E-state index >= 15 is 0 Å². The first kappa shape index (κ1) is 17.7. The van der Waals surface area contributed by atoms with Crippen molar-refractivity contribution in [3.63, 3.8) is 0 Å². The number of hydrogen-bond acceptors (Lipinski definition) is 3. The van der Waals surface area contributed by atoms with E-state index in [9.17, 15) is 0 Å². The maximum atomic E-state index is 3.62. The molecule has 3 heteroatoms. The SMILES string of the molecule is CCCC(C)(CNC(C)C)CN(C)CCc1cccs1. The molecule has 0 saturated heterocycles. The fourth-order valence-electron chi connectivity index (χ4n) is 2.76. The van der Waals surface area contributed by atoms with Crippen molar-refractivity contribution in [1.29, 1.82) is 0 Å². The predicted molar refractivity (Wildman–Crippen MR) is 91.7 cm³/mol. The van der Waals surface area contributed by atoms with Crippen LogP contribution >= 0.6 is 11.3 Å². The molecular weight excluding hydrogens is 264 g/mol. The Morgan fingerprint density at radius 2 is 2.15 bits per heavy atom. The second-order valence-corrected chi connectivity index (χ2v) is 7.70. The van der Waals surface area contributed by atoms with E-state index in [1.165, 1.54) is 30.7 Å². The fraction of sp³-hybridized carbons (Fsp3) is 0.765. The van der Waals surface area contributed by atoms with Crippen LogP contribution in [-0.4, -0.2) is 37.6 Å². The van der Waals surface area contributed by atoms with Gasteiger partial charge in [0, 0.05) is 30.6 Å². The van der Waals surface area contributed by atoms with E-state index in [2.05, 4.69) is 62.5 Å². The molecule has 2 nitrogen and oxygen atoms in total. The number of hydrogen-bond donors (Lipinski definition) is 1. The Labute approximate surface area is 129 Å².